The summed E-state index contributed by atoms with van der Waals surface area (Å²) >= 11 is 3.00. The van der Waals surface area contributed by atoms with Crippen molar-refractivity contribution in [1.29, 1.82) is 0 Å². The number of thiophene rings is 1. The van der Waals surface area contributed by atoms with Gasteiger partial charge in [0.05, 0.1) is 5.39 Å². The summed E-state index contributed by atoms with van der Waals surface area (Å²) in [5, 5.41) is 12.8. The van der Waals surface area contributed by atoms with Crippen LogP contribution in [-0.4, -0.2) is 24.7 Å². The Morgan fingerprint density at radius 3 is 2.62 bits per heavy atom. The first-order chi connectivity index (χ1) is 11.6. The Morgan fingerprint density at radius 2 is 1.92 bits per heavy atom. The normalized spacial score (nSPS) is 11.3. The van der Waals surface area contributed by atoms with Crippen molar-refractivity contribution in [2.75, 3.05) is 0 Å². The Bertz CT molecular complexity index is 1020. The summed E-state index contributed by atoms with van der Waals surface area (Å²) in [6, 6.07) is 6.46. The molecule has 0 bridgehead atoms. The van der Waals surface area contributed by atoms with Crippen LogP contribution in [0.3, 0.4) is 0 Å². The van der Waals surface area contributed by atoms with Crippen molar-refractivity contribution in [1.82, 2.24) is 24.7 Å². The molecule has 0 atom stereocenters. The van der Waals surface area contributed by atoms with Crippen LogP contribution in [0.25, 0.3) is 21.3 Å². The van der Waals surface area contributed by atoms with Gasteiger partial charge in [-0.3, -0.25) is 0 Å². The minimum absolute atomic E-state index is 0.251. The number of hydrogen-bond acceptors (Lipinski definition) is 6. The molecule has 0 aliphatic heterocycles. The summed E-state index contributed by atoms with van der Waals surface area (Å²) in [6.45, 7) is 1.90. The second-order valence-electron chi connectivity index (χ2n) is 5.21. The van der Waals surface area contributed by atoms with Gasteiger partial charge in [-0.05, 0) is 36.4 Å². The Kier molecular flexibility index (Phi) is 3.78. The van der Waals surface area contributed by atoms with Crippen molar-refractivity contribution in [3.63, 3.8) is 0 Å². The number of rotatable bonds is 3. The third kappa shape index (κ3) is 2.57. The SMILES string of the molecule is Cc1nnc(Sc2ncnc3scc(-c4ccc(F)cc4)c23)n1C. The lowest BCUT2D eigenvalue weighted by atomic mass is 10.1. The molecule has 0 unspecified atom stereocenters. The topological polar surface area (TPSA) is 56.5 Å². The monoisotopic (exact) mass is 357 g/mol. The van der Waals surface area contributed by atoms with Gasteiger partial charge in [0, 0.05) is 18.0 Å². The summed E-state index contributed by atoms with van der Waals surface area (Å²) < 4.78 is 15.1. The van der Waals surface area contributed by atoms with E-state index in [1.165, 1.54) is 23.9 Å². The van der Waals surface area contributed by atoms with E-state index in [9.17, 15) is 4.39 Å². The molecule has 3 aromatic heterocycles. The molecule has 0 aliphatic rings. The highest BCUT2D eigenvalue weighted by molar-refractivity contribution is 7.99. The molecule has 0 aliphatic carbocycles. The maximum absolute atomic E-state index is 13.2. The van der Waals surface area contributed by atoms with E-state index in [4.69, 9.17) is 0 Å². The Balaban J connectivity index is 1.85. The third-order valence-corrected chi connectivity index (χ3v) is 5.66. The maximum Gasteiger partial charge on any atom is 0.197 e. The zero-order valence-corrected chi connectivity index (χ0v) is 14.5. The van der Waals surface area contributed by atoms with Gasteiger partial charge in [-0.15, -0.1) is 21.5 Å². The summed E-state index contributed by atoms with van der Waals surface area (Å²) in [5.41, 5.74) is 1.94. The minimum atomic E-state index is -0.251. The molecule has 8 heteroatoms. The van der Waals surface area contributed by atoms with Crippen molar-refractivity contribution in [2.45, 2.75) is 17.1 Å². The fraction of sp³-hybridized carbons (Fsp3) is 0.125. The molecular weight excluding hydrogens is 345 g/mol. The molecule has 5 nitrogen and oxygen atoms in total. The highest BCUT2D eigenvalue weighted by atomic mass is 32.2. The first kappa shape index (κ1) is 15.2. The average molecular weight is 357 g/mol. The lowest BCUT2D eigenvalue weighted by Gasteiger charge is -2.05. The molecule has 1 aromatic carbocycles. The van der Waals surface area contributed by atoms with E-state index in [2.05, 4.69) is 20.2 Å². The number of hydrogen-bond donors (Lipinski definition) is 0. The highest BCUT2D eigenvalue weighted by Gasteiger charge is 2.16. The standard InChI is InChI=1S/C16H12FN5S2/c1-9-20-21-16(22(9)2)24-15-13-12(7-23-14(13)18-8-19-15)10-3-5-11(17)6-4-10/h3-8H,1-2H3. The number of benzene rings is 1. The third-order valence-electron chi connectivity index (χ3n) is 3.73. The summed E-state index contributed by atoms with van der Waals surface area (Å²) in [4.78, 5) is 9.68. The molecular formula is C16H12FN5S2. The van der Waals surface area contributed by atoms with E-state index in [1.807, 2.05) is 23.9 Å². The van der Waals surface area contributed by atoms with E-state index in [0.29, 0.717) is 0 Å². The van der Waals surface area contributed by atoms with Gasteiger partial charge < -0.3 is 4.57 Å². The van der Waals surface area contributed by atoms with Crippen molar-refractivity contribution < 1.29 is 4.39 Å². The van der Waals surface area contributed by atoms with Crippen LogP contribution >= 0.6 is 23.1 Å². The Labute approximate surface area is 145 Å². The van der Waals surface area contributed by atoms with Crippen molar-refractivity contribution in [3.8, 4) is 11.1 Å². The fourth-order valence-electron chi connectivity index (χ4n) is 2.33. The zero-order chi connectivity index (χ0) is 16.7. The summed E-state index contributed by atoms with van der Waals surface area (Å²) in [7, 11) is 1.92. The van der Waals surface area contributed by atoms with Gasteiger partial charge in [0.2, 0.25) is 0 Å². The molecule has 0 fully saturated rings. The van der Waals surface area contributed by atoms with Gasteiger partial charge >= 0.3 is 0 Å². The quantitative estimate of drug-likeness (QED) is 0.517. The smallest absolute Gasteiger partial charge is 0.197 e. The van der Waals surface area contributed by atoms with Gasteiger partial charge in [0.15, 0.2) is 5.16 Å². The maximum atomic E-state index is 13.2. The van der Waals surface area contributed by atoms with Crippen LogP contribution in [0, 0.1) is 12.7 Å². The number of aromatic nitrogens is 5. The van der Waals surface area contributed by atoms with Crippen LogP contribution < -0.4 is 0 Å². The van der Waals surface area contributed by atoms with Crippen molar-refractivity contribution >= 4 is 33.3 Å². The van der Waals surface area contributed by atoms with Crippen LogP contribution in [-0.2, 0) is 7.05 Å². The minimum Gasteiger partial charge on any atom is -0.309 e. The highest BCUT2D eigenvalue weighted by Crippen LogP contribution is 2.39. The van der Waals surface area contributed by atoms with Gasteiger partial charge in [0.25, 0.3) is 0 Å². The van der Waals surface area contributed by atoms with E-state index < -0.39 is 0 Å². The van der Waals surface area contributed by atoms with E-state index in [1.54, 1.807) is 29.8 Å². The van der Waals surface area contributed by atoms with Crippen molar-refractivity contribution in [2.24, 2.45) is 7.05 Å². The van der Waals surface area contributed by atoms with Crippen LogP contribution in [0.15, 0.2) is 46.2 Å². The second kappa shape index (κ2) is 5.95. The molecule has 0 spiro atoms. The molecule has 0 saturated carbocycles. The van der Waals surface area contributed by atoms with E-state index in [-0.39, 0.29) is 5.82 Å². The fourth-order valence-corrected chi connectivity index (χ4v) is 4.24. The number of aryl methyl sites for hydroxylation is 1. The number of nitrogens with zero attached hydrogens (tertiary/aromatic N) is 5. The van der Waals surface area contributed by atoms with Crippen LogP contribution in [0.1, 0.15) is 5.82 Å². The zero-order valence-electron chi connectivity index (χ0n) is 12.9. The predicted molar refractivity (Wildman–Crippen MR) is 92.7 cm³/mol. The summed E-state index contributed by atoms with van der Waals surface area (Å²) in [5.74, 6) is 0.588. The Morgan fingerprint density at radius 1 is 1.12 bits per heavy atom. The molecule has 120 valence electrons. The average Bonchev–Trinajstić information content (AvgIpc) is 3.15. The van der Waals surface area contributed by atoms with E-state index >= 15 is 0 Å². The van der Waals surface area contributed by atoms with Gasteiger partial charge in [-0.2, -0.15) is 0 Å². The largest absolute Gasteiger partial charge is 0.309 e. The molecule has 3 heterocycles. The van der Waals surface area contributed by atoms with Gasteiger partial charge in [0.1, 0.15) is 27.8 Å². The first-order valence-corrected chi connectivity index (χ1v) is 8.85. The predicted octanol–water partition coefficient (Wildman–Crippen LogP) is 4.09. The lowest BCUT2D eigenvalue weighted by Crippen LogP contribution is -1.94. The number of halogens is 1. The van der Waals surface area contributed by atoms with Crippen LogP contribution in [0.5, 0.6) is 0 Å². The van der Waals surface area contributed by atoms with Gasteiger partial charge in [-0.1, -0.05) is 12.1 Å². The molecule has 0 saturated heterocycles. The molecule has 4 rings (SSSR count). The molecule has 0 radical (unpaired) electrons. The molecule has 4 aromatic rings. The van der Waals surface area contributed by atoms with Crippen LogP contribution in [0.4, 0.5) is 4.39 Å². The lowest BCUT2D eigenvalue weighted by molar-refractivity contribution is 0.628. The molecule has 0 amide bonds. The van der Waals surface area contributed by atoms with Gasteiger partial charge in [-0.25, -0.2) is 14.4 Å². The van der Waals surface area contributed by atoms with Crippen molar-refractivity contribution in [3.05, 3.63) is 47.6 Å². The molecule has 0 N–H and O–H groups in total. The van der Waals surface area contributed by atoms with E-state index in [0.717, 1.165) is 37.4 Å². The second-order valence-corrected chi connectivity index (χ2v) is 7.02. The Hall–Kier alpha value is -2.32. The number of fused-ring (bicyclic) bond motifs is 1. The van der Waals surface area contributed by atoms with Crippen LogP contribution in [0.2, 0.25) is 0 Å². The first-order valence-electron chi connectivity index (χ1n) is 7.15. The molecule has 24 heavy (non-hydrogen) atoms. The summed E-state index contributed by atoms with van der Waals surface area (Å²) in [6.07, 6.45) is 1.55.